The second-order valence-corrected chi connectivity index (χ2v) is 5.28. The fourth-order valence-electron chi connectivity index (χ4n) is 1.94. The van der Waals surface area contributed by atoms with Crippen LogP contribution < -0.4 is 14.8 Å². The number of benzene rings is 2. The third-order valence-electron chi connectivity index (χ3n) is 3.13. The first-order valence-electron chi connectivity index (χ1n) is 6.96. The summed E-state index contributed by atoms with van der Waals surface area (Å²) in [6.07, 6.45) is -0.840. The quantitative estimate of drug-likeness (QED) is 0.634. The van der Waals surface area contributed by atoms with Crippen LogP contribution in [0.2, 0.25) is 5.02 Å². The third-order valence-corrected chi connectivity index (χ3v) is 3.37. The molecule has 0 aliphatic carbocycles. The first-order chi connectivity index (χ1) is 11.4. The molecule has 2 aromatic rings. The summed E-state index contributed by atoms with van der Waals surface area (Å²) in [6.45, 7) is 1.56. The number of nitro groups is 1. The second-order valence-electron chi connectivity index (χ2n) is 4.85. The minimum absolute atomic E-state index is 0.158. The van der Waals surface area contributed by atoms with E-state index in [-0.39, 0.29) is 11.4 Å². The molecule has 0 bridgehead atoms. The average Bonchev–Trinajstić information content (AvgIpc) is 2.54. The van der Waals surface area contributed by atoms with Crippen LogP contribution in [0.1, 0.15) is 6.92 Å². The van der Waals surface area contributed by atoms with Gasteiger partial charge in [-0.2, -0.15) is 0 Å². The van der Waals surface area contributed by atoms with E-state index >= 15 is 0 Å². The van der Waals surface area contributed by atoms with Crippen LogP contribution in [0.3, 0.4) is 0 Å². The summed E-state index contributed by atoms with van der Waals surface area (Å²) in [4.78, 5) is 22.6. The van der Waals surface area contributed by atoms with E-state index in [0.717, 1.165) is 0 Å². The van der Waals surface area contributed by atoms with Gasteiger partial charge in [-0.05, 0) is 31.2 Å². The van der Waals surface area contributed by atoms with Gasteiger partial charge in [0, 0.05) is 17.2 Å². The molecular formula is C16H15ClN2O5. The second kappa shape index (κ2) is 7.65. The molecule has 0 unspecified atom stereocenters. The molecule has 0 fully saturated rings. The first-order valence-corrected chi connectivity index (χ1v) is 7.34. The Morgan fingerprint density at radius 3 is 2.67 bits per heavy atom. The van der Waals surface area contributed by atoms with E-state index in [4.69, 9.17) is 21.1 Å². The molecule has 0 heterocycles. The van der Waals surface area contributed by atoms with Crippen molar-refractivity contribution in [2.45, 2.75) is 13.0 Å². The Morgan fingerprint density at radius 1 is 1.29 bits per heavy atom. The molecule has 0 saturated heterocycles. The summed E-state index contributed by atoms with van der Waals surface area (Å²) < 4.78 is 10.6. The molecule has 0 radical (unpaired) electrons. The van der Waals surface area contributed by atoms with Crippen molar-refractivity contribution in [3.63, 3.8) is 0 Å². The normalized spacial score (nSPS) is 11.5. The molecule has 1 amide bonds. The lowest BCUT2D eigenvalue weighted by Gasteiger charge is -2.16. The molecule has 0 aromatic heterocycles. The molecule has 0 saturated carbocycles. The van der Waals surface area contributed by atoms with Crippen LogP contribution in [0, 0.1) is 10.1 Å². The SMILES string of the molecule is COc1ccc([N+](=O)[O-])cc1NC(=O)[C@H](C)Oc1cccc(Cl)c1. The molecule has 1 atom stereocenters. The Morgan fingerprint density at radius 2 is 2.04 bits per heavy atom. The van der Waals surface area contributed by atoms with Gasteiger partial charge < -0.3 is 14.8 Å². The first kappa shape index (κ1) is 17.6. The highest BCUT2D eigenvalue weighted by Crippen LogP contribution is 2.29. The molecule has 8 heteroatoms. The highest BCUT2D eigenvalue weighted by atomic mass is 35.5. The van der Waals surface area contributed by atoms with Gasteiger partial charge in [-0.3, -0.25) is 14.9 Å². The number of non-ortho nitro benzene ring substituents is 1. The number of anilines is 1. The smallest absolute Gasteiger partial charge is 0.271 e. The largest absolute Gasteiger partial charge is 0.495 e. The van der Waals surface area contributed by atoms with E-state index in [1.54, 1.807) is 31.2 Å². The van der Waals surface area contributed by atoms with Crippen LogP contribution in [-0.4, -0.2) is 24.0 Å². The van der Waals surface area contributed by atoms with Crippen LogP contribution in [0.25, 0.3) is 0 Å². The van der Waals surface area contributed by atoms with Gasteiger partial charge >= 0.3 is 0 Å². The molecule has 0 aliphatic heterocycles. The predicted molar refractivity (Wildman–Crippen MR) is 89.8 cm³/mol. The summed E-state index contributed by atoms with van der Waals surface area (Å²) in [6, 6.07) is 10.6. The Bertz CT molecular complexity index is 766. The molecule has 24 heavy (non-hydrogen) atoms. The number of carbonyl (C=O) groups excluding carboxylic acids is 1. The summed E-state index contributed by atoms with van der Waals surface area (Å²) >= 11 is 5.86. The number of hydrogen-bond acceptors (Lipinski definition) is 5. The van der Waals surface area contributed by atoms with Crippen molar-refractivity contribution < 1.29 is 19.2 Å². The zero-order valence-corrected chi connectivity index (χ0v) is 13.7. The summed E-state index contributed by atoms with van der Waals surface area (Å²) in [7, 11) is 1.41. The Kier molecular flexibility index (Phi) is 5.59. The van der Waals surface area contributed by atoms with Crippen molar-refractivity contribution in [1.29, 1.82) is 0 Å². The van der Waals surface area contributed by atoms with Crippen molar-refractivity contribution in [2.24, 2.45) is 0 Å². The summed E-state index contributed by atoms with van der Waals surface area (Å²) in [5, 5.41) is 13.9. The van der Waals surface area contributed by atoms with E-state index < -0.39 is 16.9 Å². The van der Waals surface area contributed by atoms with E-state index in [2.05, 4.69) is 5.32 Å². The number of methoxy groups -OCH3 is 1. The zero-order valence-electron chi connectivity index (χ0n) is 13.0. The van der Waals surface area contributed by atoms with Gasteiger partial charge in [0.25, 0.3) is 11.6 Å². The lowest BCUT2D eigenvalue weighted by atomic mass is 10.2. The van der Waals surface area contributed by atoms with E-state index in [1.807, 2.05) is 0 Å². The Hall–Kier alpha value is -2.80. The van der Waals surface area contributed by atoms with Crippen LogP contribution in [-0.2, 0) is 4.79 Å². The van der Waals surface area contributed by atoms with Gasteiger partial charge in [-0.1, -0.05) is 17.7 Å². The summed E-state index contributed by atoms with van der Waals surface area (Å²) in [5.41, 5.74) is 0.0350. The van der Waals surface area contributed by atoms with E-state index in [0.29, 0.717) is 16.5 Å². The number of nitro benzene ring substituents is 1. The van der Waals surface area contributed by atoms with Gasteiger partial charge in [0.1, 0.15) is 11.5 Å². The van der Waals surface area contributed by atoms with Crippen molar-refractivity contribution in [1.82, 2.24) is 0 Å². The zero-order chi connectivity index (χ0) is 17.7. The van der Waals surface area contributed by atoms with Gasteiger partial charge in [0.05, 0.1) is 17.7 Å². The number of halogens is 1. The lowest BCUT2D eigenvalue weighted by molar-refractivity contribution is -0.384. The number of ether oxygens (including phenoxy) is 2. The number of hydrogen-bond donors (Lipinski definition) is 1. The molecular weight excluding hydrogens is 336 g/mol. The number of rotatable bonds is 6. The van der Waals surface area contributed by atoms with Gasteiger partial charge in [-0.15, -0.1) is 0 Å². The summed E-state index contributed by atoms with van der Waals surface area (Å²) in [5.74, 6) is 0.272. The van der Waals surface area contributed by atoms with Gasteiger partial charge in [0.2, 0.25) is 0 Å². The minimum Gasteiger partial charge on any atom is -0.495 e. The number of amides is 1. The number of nitrogens with one attached hydrogen (secondary N) is 1. The number of carbonyl (C=O) groups is 1. The topological polar surface area (TPSA) is 90.7 Å². The standard InChI is InChI=1S/C16H15ClN2O5/c1-10(24-13-5-3-4-11(17)8-13)16(20)18-14-9-12(19(21)22)6-7-15(14)23-2/h3-10H,1-2H3,(H,18,20)/t10-/m0/s1. The maximum Gasteiger partial charge on any atom is 0.271 e. The fraction of sp³-hybridized carbons (Fsp3) is 0.188. The van der Waals surface area contributed by atoms with Crippen LogP contribution in [0.5, 0.6) is 11.5 Å². The predicted octanol–water partition coefficient (Wildman–Crippen LogP) is 3.66. The Labute approximate surface area is 143 Å². The molecule has 7 nitrogen and oxygen atoms in total. The van der Waals surface area contributed by atoms with Crippen LogP contribution >= 0.6 is 11.6 Å². The maximum atomic E-state index is 12.3. The average molecular weight is 351 g/mol. The van der Waals surface area contributed by atoms with Crippen molar-refractivity contribution in [2.75, 3.05) is 12.4 Å². The fourth-order valence-corrected chi connectivity index (χ4v) is 2.12. The maximum absolute atomic E-state index is 12.3. The molecule has 2 rings (SSSR count). The van der Waals surface area contributed by atoms with E-state index in [1.165, 1.54) is 25.3 Å². The number of nitrogens with zero attached hydrogens (tertiary/aromatic N) is 1. The van der Waals surface area contributed by atoms with Crippen LogP contribution in [0.4, 0.5) is 11.4 Å². The highest BCUT2D eigenvalue weighted by molar-refractivity contribution is 6.30. The van der Waals surface area contributed by atoms with Crippen molar-refractivity contribution in [3.05, 3.63) is 57.6 Å². The minimum atomic E-state index is -0.840. The molecule has 2 aromatic carbocycles. The van der Waals surface area contributed by atoms with E-state index in [9.17, 15) is 14.9 Å². The molecule has 0 aliphatic rings. The van der Waals surface area contributed by atoms with Crippen molar-refractivity contribution >= 4 is 28.9 Å². The highest BCUT2D eigenvalue weighted by Gasteiger charge is 2.19. The lowest BCUT2D eigenvalue weighted by Crippen LogP contribution is -2.30. The third kappa shape index (κ3) is 4.36. The van der Waals surface area contributed by atoms with Crippen molar-refractivity contribution in [3.8, 4) is 11.5 Å². The molecule has 1 N–H and O–H groups in total. The molecule has 126 valence electrons. The monoisotopic (exact) mass is 350 g/mol. The van der Waals surface area contributed by atoms with Gasteiger partial charge in [-0.25, -0.2) is 0 Å². The van der Waals surface area contributed by atoms with Crippen LogP contribution in [0.15, 0.2) is 42.5 Å². The van der Waals surface area contributed by atoms with Gasteiger partial charge in [0.15, 0.2) is 6.10 Å². The Balaban J connectivity index is 2.13. The molecule has 0 spiro atoms.